The molecule has 4 aromatic rings. The summed E-state index contributed by atoms with van der Waals surface area (Å²) in [5.41, 5.74) is 5.23. The maximum absolute atomic E-state index is 15.0. The van der Waals surface area contributed by atoms with E-state index in [2.05, 4.69) is 11.9 Å². The third-order valence-corrected chi connectivity index (χ3v) is 5.26. The number of hydrogen-bond donors (Lipinski definition) is 1. The molecule has 3 aromatic carbocycles. The van der Waals surface area contributed by atoms with E-state index in [1.165, 1.54) is 17.7 Å². The Morgan fingerprint density at radius 3 is 2.37 bits per heavy atom. The van der Waals surface area contributed by atoms with Crippen LogP contribution in [-0.2, 0) is 6.42 Å². The first-order chi connectivity index (χ1) is 14.5. The number of aryl methyl sites for hydroxylation is 2. The molecule has 4 heteroatoms. The number of pyridine rings is 1. The normalized spacial score (nSPS) is 11.0. The number of rotatable bonds is 5. The van der Waals surface area contributed by atoms with Gasteiger partial charge in [0.15, 0.2) is 0 Å². The Labute approximate surface area is 174 Å². The second kappa shape index (κ2) is 8.07. The fourth-order valence-corrected chi connectivity index (χ4v) is 3.71. The van der Waals surface area contributed by atoms with Gasteiger partial charge >= 0.3 is 5.97 Å². The van der Waals surface area contributed by atoms with Gasteiger partial charge in [-0.25, -0.2) is 14.2 Å². The number of fused-ring (bicyclic) bond motifs is 1. The van der Waals surface area contributed by atoms with Gasteiger partial charge in [0.25, 0.3) is 0 Å². The zero-order valence-corrected chi connectivity index (χ0v) is 16.9. The highest BCUT2D eigenvalue weighted by Crippen LogP contribution is 2.30. The average Bonchev–Trinajstić information content (AvgIpc) is 2.73. The van der Waals surface area contributed by atoms with Crippen molar-refractivity contribution in [2.24, 2.45) is 0 Å². The van der Waals surface area contributed by atoms with Crippen molar-refractivity contribution in [2.75, 3.05) is 0 Å². The number of hydrogen-bond acceptors (Lipinski definition) is 2. The van der Waals surface area contributed by atoms with Gasteiger partial charge in [0.2, 0.25) is 0 Å². The van der Waals surface area contributed by atoms with E-state index >= 15 is 0 Å². The zero-order chi connectivity index (χ0) is 21.3. The highest BCUT2D eigenvalue weighted by atomic mass is 19.1. The summed E-state index contributed by atoms with van der Waals surface area (Å²) >= 11 is 0. The number of carboxylic acid groups (broad SMARTS) is 1. The van der Waals surface area contributed by atoms with Gasteiger partial charge in [-0.15, -0.1) is 0 Å². The SMILES string of the molecule is CCCc1ccc(-c2ccc(-c3cc(C(=O)O)c4cc(C)ccc4n3)cc2F)cc1. The molecule has 4 rings (SSSR count). The van der Waals surface area contributed by atoms with E-state index in [1.54, 1.807) is 24.3 Å². The first-order valence-electron chi connectivity index (χ1n) is 10.00. The minimum Gasteiger partial charge on any atom is -0.478 e. The maximum atomic E-state index is 15.0. The van der Waals surface area contributed by atoms with E-state index in [1.807, 2.05) is 37.3 Å². The number of halogens is 1. The topological polar surface area (TPSA) is 50.2 Å². The van der Waals surface area contributed by atoms with Crippen LogP contribution in [0.15, 0.2) is 66.7 Å². The van der Waals surface area contributed by atoms with Crippen molar-refractivity contribution < 1.29 is 14.3 Å². The van der Waals surface area contributed by atoms with Crippen LogP contribution in [-0.4, -0.2) is 16.1 Å². The molecule has 0 bridgehead atoms. The van der Waals surface area contributed by atoms with Gasteiger partial charge in [-0.05, 0) is 48.7 Å². The molecule has 0 saturated carbocycles. The molecule has 0 saturated heterocycles. The number of carboxylic acids is 1. The van der Waals surface area contributed by atoms with Crippen molar-refractivity contribution in [1.82, 2.24) is 4.98 Å². The monoisotopic (exact) mass is 399 g/mol. The third kappa shape index (κ3) is 3.81. The van der Waals surface area contributed by atoms with Gasteiger partial charge in [0, 0.05) is 16.5 Å². The number of aromatic nitrogens is 1. The summed E-state index contributed by atoms with van der Waals surface area (Å²) in [4.78, 5) is 16.4. The Kier molecular flexibility index (Phi) is 5.32. The van der Waals surface area contributed by atoms with Crippen LogP contribution in [0.1, 0.15) is 34.8 Å². The van der Waals surface area contributed by atoms with Crippen molar-refractivity contribution in [3.05, 3.63) is 89.2 Å². The molecule has 1 heterocycles. The Morgan fingerprint density at radius 2 is 1.70 bits per heavy atom. The summed E-state index contributed by atoms with van der Waals surface area (Å²) in [6.45, 7) is 4.03. The molecular weight excluding hydrogens is 377 g/mol. The second-order valence-electron chi connectivity index (χ2n) is 7.52. The zero-order valence-electron chi connectivity index (χ0n) is 16.9. The molecule has 1 aromatic heterocycles. The lowest BCUT2D eigenvalue weighted by molar-refractivity contribution is 0.0699. The van der Waals surface area contributed by atoms with Crippen LogP contribution in [0.25, 0.3) is 33.3 Å². The van der Waals surface area contributed by atoms with Crippen LogP contribution in [0.3, 0.4) is 0 Å². The quantitative estimate of drug-likeness (QED) is 0.408. The summed E-state index contributed by atoms with van der Waals surface area (Å²) < 4.78 is 15.0. The van der Waals surface area contributed by atoms with E-state index in [-0.39, 0.29) is 11.4 Å². The maximum Gasteiger partial charge on any atom is 0.336 e. The van der Waals surface area contributed by atoms with Gasteiger partial charge in [-0.3, -0.25) is 0 Å². The molecule has 0 amide bonds. The molecular formula is C26H22FNO2. The van der Waals surface area contributed by atoms with Crippen LogP contribution in [0, 0.1) is 12.7 Å². The predicted octanol–water partition coefficient (Wildman–Crippen LogP) is 6.67. The van der Waals surface area contributed by atoms with Gasteiger partial charge in [-0.2, -0.15) is 0 Å². The minimum atomic E-state index is -1.03. The van der Waals surface area contributed by atoms with Crippen molar-refractivity contribution in [3.8, 4) is 22.4 Å². The summed E-state index contributed by atoms with van der Waals surface area (Å²) in [5.74, 6) is -1.39. The molecule has 30 heavy (non-hydrogen) atoms. The van der Waals surface area contributed by atoms with Gasteiger partial charge in [0.1, 0.15) is 5.82 Å². The molecule has 0 aliphatic rings. The predicted molar refractivity (Wildman–Crippen MR) is 118 cm³/mol. The first-order valence-corrected chi connectivity index (χ1v) is 10.00. The van der Waals surface area contributed by atoms with Crippen molar-refractivity contribution in [1.29, 1.82) is 0 Å². The Bertz CT molecular complexity index is 1250. The lowest BCUT2D eigenvalue weighted by atomic mass is 9.98. The largest absolute Gasteiger partial charge is 0.478 e. The van der Waals surface area contributed by atoms with Gasteiger partial charge < -0.3 is 5.11 Å². The van der Waals surface area contributed by atoms with Crippen LogP contribution < -0.4 is 0 Å². The van der Waals surface area contributed by atoms with Crippen LogP contribution >= 0.6 is 0 Å². The lowest BCUT2D eigenvalue weighted by Gasteiger charge is -2.10. The lowest BCUT2D eigenvalue weighted by Crippen LogP contribution is -2.01. The van der Waals surface area contributed by atoms with Gasteiger partial charge in [0.05, 0.1) is 16.8 Å². The van der Waals surface area contributed by atoms with E-state index in [0.29, 0.717) is 27.7 Å². The minimum absolute atomic E-state index is 0.162. The van der Waals surface area contributed by atoms with Crippen LogP contribution in [0.4, 0.5) is 4.39 Å². The van der Waals surface area contributed by atoms with Crippen LogP contribution in [0.5, 0.6) is 0 Å². The van der Waals surface area contributed by atoms with Crippen molar-refractivity contribution >= 4 is 16.9 Å². The summed E-state index contributed by atoms with van der Waals surface area (Å²) in [6, 6.07) is 19.8. The molecule has 0 spiro atoms. The Hall–Kier alpha value is -3.53. The third-order valence-electron chi connectivity index (χ3n) is 5.26. The van der Waals surface area contributed by atoms with Crippen molar-refractivity contribution in [3.63, 3.8) is 0 Å². The molecule has 0 aliphatic heterocycles. The fourth-order valence-electron chi connectivity index (χ4n) is 3.71. The molecule has 0 aliphatic carbocycles. The van der Waals surface area contributed by atoms with Crippen molar-refractivity contribution in [2.45, 2.75) is 26.7 Å². The molecule has 0 fully saturated rings. The standard InChI is InChI=1S/C26H22FNO2/c1-3-4-17-6-8-18(9-7-17)20-11-10-19(14-23(20)27)25-15-22(26(29)30)21-13-16(2)5-12-24(21)28-25/h5-15H,3-4H2,1-2H3,(H,29,30). The van der Waals surface area contributed by atoms with E-state index in [9.17, 15) is 14.3 Å². The summed E-state index contributed by atoms with van der Waals surface area (Å²) in [6.07, 6.45) is 2.07. The van der Waals surface area contributed by atoms with Crippen LogP contribution in [0.2, 0.25) is 0 Å². The van der Waals surface area contributed by atoms with E-state index in [4.69, 9.17) is 0 Å². The highest BCUT2D eigenvalue weighted by molar-refractivity contribution is 6.04. The number of aromatic carboxylic acids is 1. The molecule has 0 radical (unpaired) electrons. The fraction of sp³-hybridized carbons (Fsp3) is 0.154. The average molecular weight is 399 g/mol. The molecule has 150 valence electrons. The van der Waals surface area contributed by atoms with E-state index in [0.717, 1.165) is 24.0 Å². The smallest absolute Gasteiger partial charge is 0.336 e. The second-order valence-corrected chi connectivity index (χ2v) is 7.52. The Morgan fingerprint density at radius 1 is 0.967 bits per heavy atom. The molecule has 3 nitrogen and oxygen atoms in total. The first kappa shape index (κ1) is 19.8. The number of benzene rings is 3. The molecule has 0 atom stereocenters. The Balaban J connectivity index is 1.76. The number of nitrogens with zero attached hydrogens (tertiary/aromatic N) is 1. The van der Waals surface area contributed by atoms with Gasteiger partial charge in [-0.1, -0.05) is 61.4 Å². The summed E-state index contributed by atoms with van der Waals surface area (Å²) in [7, 11) is 0. The number of carbonyl (C=O) groups is 1. The molecule has 0 unspecified atom stereocenters. The highest BCUT2D eigenvalue weighted by Gasteiger charge is 2.15. The van der Waals surface area contributed by atoms with E-state index < -0.39 is 5.97 Å². The summed E-state index contributed by atoms with van der Waals surface area (Å²) in [5, 5.41) is 10.2. The molecule has 1 N–H and O–H groups in total.